The summed E-state index contributed by atoms with van der Waals surface area (Å²) in [7, 11) is 0. The number of hydrogen-bond acceptors (Lipinski definition) is 3. The van der Waals surface area contributed by atoms with Crippen LogP contribution in [0.25, 0.3) is 0 Å². The lowest BCUT2D eigenvalue weighted by atomic mass is 10.0. The minimum Gasteiger partial charge on any atom is -0.243 e. The van der Waals surface area contributed by atoms with E-state index in [0.717, 1.165) is 18.7 Å². The standard InChI is InChI=1S/C13H18N4/c1-2-3-4-6-11-7-5-8-12(9-11)10-13-14-16-17-15-13/h5,7-9H,2-4,6,10H2,1H3,(H,14,15,16,17). The fraction of sp³-hybridized carbons (Fsp3) is 0.462. The molecule has 2 aromatic rings. The van der Waals surface area contributed by atoms with Gasteiger partial charge in [0.15, 0.2) is 5.82 Å². The van der Waals surface area contributed by atoms with Crippen LogP contribution in [-0.2, 0) is 12.8 Å². The second-order valence-corrected chi connectivity index (χ2v) is 4.30. The first-order valence-corrected chi connectivity index (χ1v) is 6.19. The summed E-state index contributed by atoms with van der Waals surface area (Å²) in [6, 6.07) is 8.67. The first kappa shape index (κ1) is 11.8. The molecule has 0 aliphatic heterocycles. The number of unbranched alkanes of at least 4 members (excludes halogenated alkanes) is 2. The average molecular weight is 230 g/mol. The minimum absolute atomic E-state index is 0.772. The van der Waals surface area contributed by atoms with Gasteiger partial charge in [0.1, 0.15) is 0 Å². The summed E-state index contributed by atoms with van der Waals surface area (Å²) in [6.07, 6.45) is 5.77. The van der Waals surface area contributed by atoms with E-state index in [1.54, 1.807) is 0 Å². The molecule has 2 rings (SSSR count). The van der Waals surface area contributed by atoms with Crippen molar-refractivity contribution in [2.24, 2.45) is 0 Å². The van der Waals surface area contributed by atoms with E-state index >= 15 is 0 Å². The number of aromatic nitrogens is 4. The van der Waals surface area contributed by atoms with Gasteiger partial charge < -0.3 is 0 Å². The maximum Gasteiger partial charge on any atom is 0.152 e. The Morgan fingerprint density at radius 2 is 2.06 bits per heavy atom. The third-order valence-corrected chi connectivity index (χ3v) is 2.82. The van der Waals surface area contributed by atoms with Crippen LogP contribution in [0.1, 0.15) is 43.1 Å². The van der Waals surface area contributed by atoms with Gasteiger partial charge in [-0.05, 0) is 34.4 Å². The Bertz CT molecular complexity index is 436. The van der Waals surface area contributed by atoms with Crippen LogP contribution in [0.3, 0.4) is 0 Å². The molecule has 0 aliphatic carbocycles. The van der Waals surface area contributed by atoms with Gasteiger partial charge in [-0.25, -0.2) is 5.10 Å². The van der Waals surface area contributed by atoms with Gasteiger partial charge in [-0.1, -0.05) is 44.0 Å². The third-order valence-electron chi connectivity index (χ3n) is 2.82. The molecule has 1 heterocycles. The highest BCUT2D eigenvalue weighted by Crippen LogP contribution is 2.11. The molecule has 0 spiro atoms. The maximum atomic E-state index is 3.90. The highest BCUT2D eigenvalue weighted by molar-refractivity contribution is 5.25. The van der Waals surface area contributed by atoms with E-state index in [0.29, 0.717) is 0 Å². The molecular formula is C13H18N4. The van der Waals surface area contributed by atoms with Crippen LogP contribution in [0.5, 0.6) is 0 Å². The Morgan fingerprint density at radius 3 is 2.82 bits per heavy atom. The molecule has 4 heteroatoms. The molecule has 0 fully saturated rings. The molecule has 17 heavy (non-hydrogen) atoms. The maximum absolute atomic E-state index is 3.90. The fourth-order valence-corrected chi connectivity index (χ4v) is 1.92. The summed E-state index contributed by atoms with van der Waals surface area (Å²) >= 11 is 0. The van der Waals surface area contributed by atoms with Crippen LogP contribution >= 0.6 is 0 Å². The molecule has 0 aliphatic rings. The molecule has 90 valence electrons. The molecule has 0 saturated carbocycles. The lowest BCUT2D eigenvalue weighted by molar-refractivity contribution is 0.717. The van der Waals surface area contributed by atoms with Crippen molar-refractivity contribution >= 4 is 0 Å². The van der Waals surface area contributed by atoms with Crippen LogP contribution < -0.4 is 0 Å². The van der Waals surface area contributed by atoms with Crippen LogP contribution in [0.2, 0.25) is 0 Å². The first-order chi connectivity index (χ1) is 8.38. The normalized spacial score (nSPS) is 10.6. The van der Waals surface area contributed by atoms with Crippen molar-refractivity contribution in [2.75, 3.05) is 0 Å². The van der Waals surface area contributed by atoms with E-state index in [1.165, 1.54) is 30.4 Å². The van der Waals surface area contributed by atoms with Gasteiger partial charge in [0.2, 0.25) is 0 Å². The molecule has 0 unspecified atom stereocenters. The quantitative estimate of drug-likeness (QED) is 0.776. The van der Waals surface area contributed by atoms with Crippen molar-refractivity contribution in [1.29, 1.82) is 0 Å². The lowest BCUT2D eigenvalue weighted by Gasteiger charge is -2.03. The van der Waals surface area contributed by atoms with Crippen LogP contribution in [0.4, 0.5) is 0 Å². The number of hydrogen-bond donors (Lipinski definition) is 1. The topological polar surface area (TPSA) is 54.5 Å². The van der Waals surface area contributed by atoms with Crippen molar-refractivity contribution in [3.63, 3.8) is 0 Å². The molecule has 0 atom stereocenters. The Balaban J connectivity index is 1.96. The van der Waals surface area contributed by atoms with E-state index in [-0.39, 0.29) is 0 Å². The number of aryl methyl sites for hydroxylation is 1. The largest absolute Gasteiger partial charge is 0.243 e. The highest BCUT2D eigenvalue weighted by atomic mass is 15.5. The molecule has 1 aromatic carbocycles. The van der Waals surface area contributed by atoms with Gasteiger partial charge in [0.05, 0.1) is 0 Å². The number of nitrogens with one attached hydrogen (secondary N) is 1. The van der Waals surface area contributed by atoms with Crippen molar-refractivity contribution in [3.05, 3.63) is 41.2 Å². The smallest absolute Gasteiger partial charge is 0.152 e. The van der Waals surface area contributed by atoms with Gasteiger partial charge in [-0.15, -0.1) is 5.10 Å². The van der Waals surface area contributed by atoms with Gasteiger partial charge in [0, 0.05) is 6.42 Å². The van der Waals surface area contributed by atoms with E-state index in [1.807, 2.05) is 0 Å². The number of rotatable bonds is 6. The van der Waals surface area contributed by atoms with Crippen molar-refractivity contribution < 1.29 is 0 Å². The number of benzene rings is 1. The van der Waals surface area contributed by atoms with Crippen molar-refractivity contribution in [3.8, 4) is 0 Å². The average Bonchev–Trinajstić information content (AvgIpc) is 2.83. The fourth-order valence-electron chi connectivity index (χ4n) is 1.92. The summed E-state index contributed by atoms with van der Waals surface area (Å²) in [5.41, 5.74) is 2.67. The first-order valence-electron chi connectivity index (χ1n) is 6.19. The van der Waals surface area contributed by atoms with Crippen molar-refractivity contribution in [1.82, 2.24) is 20.6 Å². The lowest BCUT2D eigenvalue weighted by Crippen LogP contribution is -1.93. The second-order valence-electron chi connectivity index (χ2n) is 4.30. The molecule has 0 saturated heterocycles. The summed E-state index contributed by atoms with van der Waals surface area (Å²) < 4.78 is 0. The zero-order valence-corrected chi connectivity index (χ0v) is 10.2. The Hall–Kier alpha value is -1.71. The SMILES string of the molecule is CCCCCc1cccc(Cc2nnn[nH]2)c1. The van der Waals surface area contributed by atoms with Crippen molar-refractivity contribution in [2.45, 2.75) is 39.0 Å². The summed E-state index contributed by atoms with van der Waals surface area (Å²) in [5, 5.41) is 13.8. The predicted molar refractivity (Wildman–Crippen MR) is 66.7 cm³/mol. The van der Waals surface area contributed by atoms with E-state index in [9.17, 15) is 0 Å². The summed E-state index contributed by atoms with van der Waals surface area (Å²) in [4.78, 5) is 0. The number of aromatic amines is 1. The predicted octanol–water partition coefficient (Wildman–Crippen LogP) is 2.52. The third kappa shape index (κ3) is 3.66. The number of H-pyrrole nitrogens is 1. The van der Waals surface area contributed by atoms with E-state index in [2.05, 4.69) is 51.8 Å². The molecule has 0 radical (unpaired) electrons. The van der Waals surface area contributed by atoms with Gasteiger partial charge in [-0.3, -0.25) is 0 Å². The number of nitrogens with zero attached hydrogens (tertiary/aromatic N) is 3. The van der Waals surface area contributed by atoms with Crippen LogP contribution in [0, 0.1) is 0 Å². The molecule has 1 N–H and O–H groups in total. The van der Waals surface area contributed by atoms with E-state index in [4.69, 9.17) is 0 Å². The second kappa shape index (κ2) is 6.13. The summed E-state index contributed by atoms with van der Waals surface area (Å²) in [6.45, 7) is 2.23. The summed E-state index contributed by atoms with van der Waals surface area (Å²) in [5.74, 6) is 0.815. The molecule has 0 amide bonds. The Labute approximate surface area is 101 Å². The molecule has 1 aromatic heterocycles. The van der Waals surface area contributed by atoms with Gasteiger partial charge in [0.25, 0.3) is 0 Å². The van der Waals surface area contributed by atoms with Gasteiger partial charge in [-0.2, -0.15) is 0 Å². The minimum atomic E-state index is 0.772. The zero-order valence-electron chi connectivity index (χ0n) is 10.2. The van der Waals surface area contributed by atoms with Gasteiger partial charge >= 0.3 is 0 Å². The molecular weight excluding hydrogens is 212 g/mol. The monoisotopic (exact) mass is 230 g/mol. The Morgan fingerprint density at radius 1 is 1.18 bits per heavy atom. The Kier molecular flexibility index (Phi) is 4.24. The highest BCUT2D eigenvalue weighted by Gasteiger charge is 2.01. The van der Waals surface area contributed by atoms with Crippen LogP contribution in [0.15, 0.2) is 24.3 Å². The molecule has 0 bridgehead atoms. The van der Waals surface area contributed by atoms with Crippen LogP contribution in [-0.4, -0.2) is 20.6 Å². The zero-order chi connectivity index (χ0) is 11.9. The van der Waals surface area contributed by atoms with E-state index < -0.39 is 0 Å². The molecule has 4 nitrogen and oxygen atoms in total. The number of tetrazole rings is 1.